The van der Waals surface area contributed by atoms with Gasteiger partial charge in [-0.2, -0.15) is 4.31 Å². The van der Waals surface area contributed by atoms with Crippen LogP contribution in [0.1, 0.15) is 28.7 Å². The second-order valence-corrected chi connectivity index (χ2v) is 10.4. The Labute approximate surface area is 201 Å². The third kappa shape index (κ3) is 4.94. The molecule has 0 amide bonds. The number of carbonyl (C=O) groups is 1. The highest BCUT2D eigenvalue weighted by Crippen LogP contribution is 2.23. The first kappa shape index (κ1) is 24.2. The highest BCUT2D eigenvalue weighted by Gasteiger charge is 2.29. The molecule has 0 spiro atoms. The molecular formula is C26H31N3O4S. The molecule has 7 nitrogen and oxygen atoms in total. The molecule has 0 atom stereocenters. The molecule has 1 aliphatic rings. The van der Waals surface area contributed by atoms with Crippen LogP contribution in [0.5, 0.6) is 5.75 Å². The predicted octanol–water partition coefficient (Wildman–Crippen LogP) is 3.68. The van der Waals surface area contributed by atoms with Gasteiger partial charge >= 0.3 is 0 Å². The summed E-state index contributed by atoms with van der Waals surface area (Å²) in [4.78, 5) is 15.4. The fourth-order valence-corrected chi connectivity index (χ4v) is 5.88. The Morgan fingerprint density at radius 1 is 0.941 bits per heavy atom. The molecule has 8 heteroatoms. The first-order valence-corrected chi connectivity index (χ1v) is 13.0. The van der Waals surface area contributed by atoms with E-state index in [0.29, 0.717) is 44.1 Å². The number of aromatic nitrogens is 1. The molecule has 2 aromatic carbocycles. The van der Waals surface area contributed by atoms with Crippen LogP contribution in [0.25, 0.3) is 5.69 Å². The molecular weight excluding hydrogens is 450 g/mol. The van der Waals surface area contributed by atoms with Gasteiger partial charge in [0.2, 0.25) is 10.0 Å². The van der Waals surface area contributed by atoms with Gasteiger partial charge in [-0.05, 0) is 63.2 Å². The van der Waals surface area contributed by atoms with E-state index in [0.717, 1.165) is 17.1 Å². The molecule has 0 unspecified atom stereocenters. The summed E-state index contributed by atoms with van der Waals surface area (Å²) in [7, 11) is -3.57. The molecule has 1 saturated heterocycles. The SMILES string of the molecule is CCOc1ccc(S(=O)(=O)N2CCN(CC(=O)c3cc(C)n(-c4ccccc4)c3C)CC2)cc1. The van der Waals surface area contributed by atoms with E-state index in [1.54, 1.807) is 24.3 Å². The number of piperazine rings is 1. The summed E-state index contributed by atoms with van der Waals surface area (Å²) in [6, 6.07) is 18.5. The smallest absolute Gasteiger partial charge is 0.243 e. The molecule has 1 aromatic heterocycles. The number of rotatable bonds is 8. The van der Waals surface area contributed by atoms with Crippen molar-refractivity contribution in [3.8, 4) is 11.4 Å². The summed E-state index contributed by atoms with van der Waals surface area (Å²) in [5.41, 5.74) is 3.68. The lowest BCUT2D eigenvalue weighted by molar-refractivity contribution is 0.0901. The summed E-state index contributed by atoms with van der Waals surface area (Å²) in [6.07, 6.45) is 0. The van der Waals surface area contributed by atoms with E-state index in [-0.39, 0.29) is 17.2 Å². The Bertz CT molecular complexity index is 1240. The number of hydrogen-bond acceptors (Lipinski definition) is 5. The van der Waals surface area contributed by atoms with Crippen molar-refractivity contribution in [1.29, 1.82) is 0 Å². The zero-order valence-corrected chi connectivity index (χ0v) is 20.7. The van der Waals surface area contributed by atoms with Crippen LogP contribution in [-0.4, -0.2) is 67.3 Å². The molecule has 0 aliphatic carbocycles. The molecule has 0 N–H and O–H groups in total. The van der Waals surface area contributed by atoms with Crippen LogP contribution >= 0.6 is 0 Å². The minimum Gasteiger partial charge on any atom is -0.494 e. The standard InChI is InChI=1S/C26H31N3O4S/c1-4-33-23-10-12-24(13-11-23)34(31,32)28-16-14-27(15-17-28)19-26(30)25-18-20(2)29(21(25)3)22-8-6-5-7-9-22/h5-13,18H,4,14-17,19H2,1-3H3. The number of benzene rings is 2. The molecule has 1 fully saturated rings. The zero-order chi connectivity index (χ0) is 24.3. The summed E-state index contributed by atoms with van der Waals surface area (Å²) >= 11 is 0. The van der Waals surface area contributed by atoms with Crippen molar-refractivity contribution in [1.82, 2.24) is 13.8 Å². The zero-order valence-electron chi connectivity index (χ0n) is 19.9. The number of carbonyl (C=O) groups excluding carboxylic acids is 1. The number of sulfonamides is 1. The van der Waals surface area contributed by atoms with Gasteiger partial charge in [-0.25, -0.2) is 8.42 Å². The van der Waals surface area contributed by atoms with E-state index in [1.807, 2.05) is 62.1 Å². The van der Waals surface area contributed by atoms with Crippen molar-refractivity contribution in [2.24, 2.45) is 0 Å². The van der Waals surface area contributed by atoms with Crippen molar-refractivity contribution in [3.63, 3.8) is 0 Å². The van der Waals surface area contributed by atoms with Gasteiger partial charge in [-0.15, -0.1) is 0 Å². The molecule has 1 aliphatic heterocycles. The van der Waals surface area contributed by atoms with Crippen molar-refractivity contribution in [2.75, 3.05) is 39.3 Å². The fraction of sp³-hybridized carbons (Fsp3) is 0.346. The van der Waals surface area contributed by atoms with Gasteiger partial charge in [0.25, 0.3) is 0 Å². The van der Waals surface area contributed by atoms with Crippen LogP contribution in [-0.2, 0) is 10.0 Å². The largest absolute Gasteiger partial charge is 0.494 e. The first-order valence-electron chi connectivity index (χ1n) is 11.5. The molecule has 34 heavy (non-hydrogen) atoms. The second-order valence-electron chi connectivity index (χ2n) is 8.46. The van der Waals surface area contributed by atoms with Crippen LogP contribution in [0.3, 0.4) is 0 Å². The van der Waals surface area contributed by atoms with E-state index in [1.165, 1.54) is 4.31 Å². The minimum absolute atomic E-state index is 0.0538. The van der Waals surface area contributed by atoms with Crippen LogP contribution in [0.15, 0.2) is 65.6 Å². The number of ketones is 1. The van der Waals surface area contributed by atoms with Gasteiger partial charge in [0.15, 0.2) is 5.78 Å². The molecule has 3 aromatic rings. The maximum Gasteiger partial charge on any atom is 0.243 e. The topological polar surface area (TPSA) is 71.9 Å². The second kappa shape index (κ2) is 10.1. The van der Waals surface area contributed by atoms with E-state index < -0.39 is 10.0 Å². The predicted molar refractivity (Wildman–Crippen MR) is 132 cm³/mol. The van der Waals surface area contributed by atoms with Crippen molar-refractivity contribution < 1.29 is 17.9 Å². The van der Waals surface area contributed by atoms with Crippen molar-refractivity contribution in [3.05, 3.63) is 77.6 Å². The monoisotopic (exact) mass is 481 g/mol. The van der Waals surface area contributed by atoms with E-state index in [2.05, 4.69) is 4.57 Å². The molecule has 2 heterocycles. The third-order valence-corrected chi connectivity index (χ3v) is 8.13. The number of nitrogens with zero attached hydrogens (tertiary/aromatic N) is 3. The minimum atomic E-state index is -3.57. The van der Waals surface area contributed by atoms with Crippen LogP contribution in [0.2, 0.25) is 0 Å². The van der Waals surface area contributed by atoms with Gasteiger partial charge in [-0.3, -0.25) is 9.69 Å². The fourth-order valence-electron chi connectivity index (χ4n) is 4.46. The summed E-state index contributed by atoms with van der Waals surface area (Å²) in [6.45, 7) is 8.39. The Kier molecular flexibility index (Phi) is 7.21. The normalized spacial score (nSPS) is 15.4. The van der Waals surface area contributed by atoms with E-state index in [9.17, 15) is 13.2 Å². The number of ether oxygens (including phenoxy) is 1. The lowest BCUT2D eigenvalue weighted by Crippen LogP contribution is -2.49. The molecule has 4 rings (SSSR count). The Morgan fingerprint density at radius 2 is 1.59 bits per heavy atom. The van der Waals surface area contributed by atoms with Crippen LogP contribution in [0.4, 0.5) is 0 Å². The Balaban J connectivity index is 1.39. The van der Waals surface area contributed by atoms with Gasteiger partial charge in [0.05, 0.1) is 18.0 Å². The summed E-state index contributed by atoms with van der Waals surface area (Å²) < 4.78 is 35.0. The van der Waals surface area contributed by atoms with Gasteiger partial charge in [-0.1, -0.05) is 18.2 Å². The summed E-state index contributed by atoms with van der Waals surface area (Å²) in [5.74, 6) is 0.703. The molecule has 0 radical (unpaired) electrons. The molecule has 180 valence electrons. The van der Waals surface area contributed by atoms with Crippen LogP contribution < -0.4 is 4.74 Å². The maximum atomic E-state index is 13.1. The molecule has 0 bridgehead atoms. The maximum absolute atomic E-state index is 13.1. The lowest BCUT2D eigenvalue weighted by atomic mass is 10.1. The Hall–Kier alpha value is -2.94. The average Bonchev–Trinajstić information content (AvgIpc) is 3.14. The van der Waals surface area contributed by atoms with E-state index in [4.69, 9.17) is 4.74 Å². The Morgan fingerprint density at radius 3 is 2.21 bits per heavy atom. The number of aryl methyl sites for hydroxylation is 1. The molecule has 0 saturated carbocycles. The van der Waals surface area contributed by atoms with Gasteiger partial charge in [0, 0.05) is 48.8 Å². The van der Waals surface area contributed by atoms with Crippen molar-refractivity contribution in [2.45, 2.75) is 25.7 Å². The number of Topliss-reactive ketones (excluding diaryl/α,β-unsaturated/α-hetero) is 1. The third-order valence-electron chi connectivity index (χ3n) is 6.22. The lowest BCUT2D eigenvalue weighted by Gasteiger charge is -2.33. The van der Waals surface area contributed by atoms with Crippen LogP contribution in [0, 0.1) is 13.8 Å². The number of para-hydroxylation sites is 1. The van der Waals surface area contributed by atoms with Crippen molar-refractivity contribution >= 4 is 15.8 Å². The van der Waals surface area contributed by atoms with E-state index >= 15 is 0 Å². The number of hydrogen-bond donors (Lipinski definition) is 0. The summed E-state index contributed by atoms with van der Waals surface area (Å²) in [5, 5.41) is 0. The first-order chi connectivity index (χ1) is 16.3. The van der Waals surface area contributed by atoms with Gasteiger partial charge in [0.1, 0.15) is 5.75 Å². The quantitative estimate of drug-likeness (QED) is 0.459. The highest BCUT2D eigenvalue weighted by atomic mass is 32.2. The average molecular weight is 482 g/mol. The highest BCUT2D eigenvalue weighted by molar-refractivity contribution is 7.89. The van der Waals surface area contributed by atoms with Gasteiger partial charge < -0.3 is 9.30 Å².